The first-order chi connectivity index (χ1) is 37.4. The van der Waals surface area contributed by atoms with Crippen molar-refractivity contribution in [1.82, 2.24) is 31.9 Å². The molecule has 0 aromatic carbocycles. The van der Waals surface area contributed by atoms with Gasteiger partial charge in [-0.3, -0.25) is 0 Å². The number of unbranched alkanes of at least 4 members (excludes halogenated alkanes) is 46. The Kier molecular flexibility index (Phi) is 60.9. The number of rotatable bonds is 61. The monoisotopic (exact) mass is 1080 g/mol. The molecule has 6 N–H and O–H groups in total. The summed E-state index contributed by atoms with van der Waals surface area (Å²) in [5.74, 6) is -0.516. The summed E-state index contributed by atoms with van der Waals surface area (Å²) in [6.45, 7) is 9.38. The second-order valence-electron chi connectivity index (χ2n) is 22.9. The van der Waals surface area contributed by atoms with Crippen LogP contribution in [0.25, 0.3) is 0 Å². The van der Waals surface area contributed by atoms with Crippen LogP contribution >= 0.6 is 0 Å². The number of hydrogen-bond acceptors (Lipinski definition) is 5. The maximum atomic E-state index is 13.2. The van der Waals surface area contributed by atoms with Gasteiger partial charge in [-0.05, 0) is 38.5 Å². The first-order valence-electron chi connectivity index (χ1n) is 33.7. The third kappa shape index (κ3) is 59.0. The SMILES string of the molecule is CCCCCCCCCCCCCCCCCCNC(=O)NCCCC[C@H](NC(=O)NCCCCCCCCCCCCCCCCCC)C(=O)OCCNC(=O)NCCCCCCCCCCCCCCCCCC. The van der Waals surface area contributed by atoms with Gasteiger partial charge in [-0.1, -0.05) is 310 Å². The minimum absolute atomic E-state index is 0.0193. The lowest BCUT2D eigenvalue weighted by Gasteiger charge is -2.18. The molecule has 0 aliphatic heterocycles. The van der Waals surface area contributed by atoms with Gasteiger partial charge in [0.15, 0.2) is 0 Å². The third-order valence-corrected chi connectivity index (χ3v) is 15.4. The fourth-order valence-electron chi connectivity index (χ4n) is 10.3. The van der Waals surface area contributed by atoms with Crippen molar-refractivity contribution in [2.45, 2.75) is 354 Å². The molecule has 11 nitrogen and oxygen atoms in total. The molecule has 6 amide bonds. The van der Waals surface area contributed by atoms with Crippen LogP contribution in [0.4, 0.5) is 14.4 Å². The molecule has 0 spiro atoms. The van der Waals surface area contributed by atoms with Gasteiger partial charge in [0, 0.05) is 26.2 Å². The van der Waals surface area contributed by atoms with Crippen molar-refractivity contribution in [3.05, 3.63) is 0 Å². The van der Waals surface area contributed by atoms with Crippen LogP contribution in [0.2, 0.25) is 0 Å². The molecule has 0 bridgehead atoms. The van der Waals surface area contributed by atoms with Gasteiger partial charge in [0.1, 0.15) is 12.6 Å². The maximum absolute atomic E-state index is 13.2. The van der Waals surface area contributed by atoms with Crippen LogP contribution < -0.4 is 31.9 Å². The predicted octanol–water partition coefficient (Wildman–Crippen LogP) is 18.8. The van der Waals surface area contributed by atoms with E-state index in [0.717, 1.165) is 38.5 Å². The smallest absolute Gasteiger partial charge is 0.328 e. The van der Waals surface area contributed by atoms with Crippen LogP contribution in [0.5, 0.6) is 0 Å². The number of esters is 1. The van der Waals surface area contributed by atoms with Crippen molar-refractivity contribution >= 4 is 24.1 Å². The standard InChI is InChI=1S/C65H130N6O5/c1-4-7-10-13-16-19-22-25-28-31-34-37-40-43-46-50-55-66-63(73)68-58-53-49-54-61(71-65(75)69-57-52-48-45-42-39-36-33-30-27-24-21-18-15-12-9-6-3)62(72)76-60-59-70-64(74)67-56-51-47-44-41-38-35-32-29-26-23-20-17-14-11-8-5-2/h61H,4-60H2,1-3H3,(H2,66,68,73)(H2,67,70,74)(H2,69,71,75)/t61-/m0/s1. The average molecular weight is 1080 g/mol. The zero-order chi connectivity index (χ0) is 55.1. The normalized spacial score (nSPS) is 11.6. The highest BCUT2D eigenvalue weighted by Crippen LogP contribution is 2.17. The highest BCUT2D eigenvalue weighted by atomic mass is 16.5. The molecule has 11 heteroatoms. The molecule has 0 aromatic rings. The van der Waals surface area contributed by atoms with E-state index in [0.29, 0.717) is 45.4 Å². The average Bonchev–Trinajstić information content (AvgIpc) is 3.41. The fraction of sp³-hybridized carbons (Fsp3) is 0.938. The Morgan fingerprint density at radius 2 is 0.474 bits per heavy atom. The van der Waals surface area contributed by atoms with Crippen LogP contribution in [0.15, 0.2) is 0 Å². The van der Waals surface area contributed by atoms with E-state index in [1.807, 2.05) is 0 Å². The lowest BCUT2D eigenvalue weighted by atomic mass is 10.0. The molecule has 1 atom stereocenters. The summed E-state index contributed by atoms with van der Waals surface area (Å²) in [6, 6.07) is -1.62. The number of nitrogens with one attached hydrogen (secondary N) is 6. The summed E-state index contributed by atoms with van der Waals surface area (Å²) in [6.07, 6.45) is 64.8. The molecule has 0 saturated heterocycles. The van der Waals surface area contributed by atoms with Crippen molar-refractivity contribution in [1.29, 1.82) is 0 Å². The van der Waals surface area contributed by atoms with Crippen molar-refractivity contribution in [3.8, 4) is 0 Å². The van der Waals surface area contributed by atoms with Crippen LogP contribution in [-0.2, 0) is 9.53 Å². The highest BCUT2D eigenvalue weighted by Gasteiger charge is 2.22. The molecule has 0 aromatic heterocycles. The number of urea groups is 3. The van der Waals surface area contributed by atoms with E-state index < -0.39 is 12.0 Å². The number of hydrogen-bond donors (Lipinski definition) is 6. The van der Waals surface area contributed by atoms with Gasteiger partial charge in [0.2, 0.25) is 0 Å². The van der Waals surface area contributed by atoms with Gasteiger partial charge in [-0.25, -0.2) is 19.2 Å². The molecule has 0 aliphatic rings. The Bertz CT molecular complexity index is 1220. The topological polar surface area (TPSA) is 150 Å². The summed E-state index contributed by atoms with van der Waals surface area (Å²) >= 11 is 0. The molecule has 0 saturated carbocycles. The molecule has 0 unspecified atom stereocenters. The molecule has 76 heavy (non-hydrogen) atoms. The van der Waals surface area contributed by atoms with Crippen molar-refractivity contribution in [2.75, 3.05) is 39.3 Å². The minimum atomic E-state index is -0.821. The highest BCUT2D eigenvalue weighted by molar-refractivity contribution is 5.83. The minimum Gasteiger partial charge on any atom is -0.462 e. The summed E-state index contributed by atoms with van der Waals surface area (Å²) in [5.41, 5.74) is 0. The van der Waals surface area contributed by atoms with E-state index in [4.69, 9.17) is 4.74 Å². The van der Waals surface area contributed by atoms with E-state index >= 15 is 0 Å². The number of amides is 6. The number of ether oxygens (including phenoxy) is 1. The van der Waals surface area contributed by atoms with Crippen molar-refractivity contribution < 1.29 is 23.9 Å². The second kappa shape index (κ2) is 63.1. The van der Waals surface area contributed by atoms with Gasteiger partial charge in [0.05, 0.1) is 6.54 Å². The Balaban J connectivity index is 4.34. The Morgan fingerprint density at radius 1 is 0.263 bits per heavy atom. The van der Waals surface area contributed by atoms with Gasteiger partial charge in [0.25, 0.3) is 0 Å². The van der Waals surface area contributed by atoms with E-state index in [9.17, 15) is 19.2 Å². The Morgan fingerprint density at radius 3 is 0.737 bits per heavy atom. The van der Waals surface area contributed by atoms with E-state index in [1.165, 1.54) is 270 Å². The van der Waals surface area contributed by atoms with Gasteiger partial charge < -0.3 is 36.6 Å². The van der Waals surface area contributed by atoms with Gasteiger partial charge in [-0.15, -0.1) is 0 Å². The molecular weight excluding hydrogens is 945 g/mol. The zero-order valence-corrected chi connectivity index (χ0v) is 50.9. The first-order valence-corrected chi connectivity index (χ1v) is 33.7. The molecule has 0 aliphatic carbocycles. The van der Waals surface area contributed by atoms with E-state index in [2.05, 4.69) is 52.7 Å². The molecule has 0 fully saturated rings. The summed E-state index contributed by atoms with van der Waals surface area (Å²) in [7, 11) is 0. The van der Waals surface area contributed by atoms with Crippen LogP contribution in [0.1, 0.15) is 348 Å². The van der Waals surface area contributed by atoms with Crippen LogP contribution in [0.3, 0.4) is 0 Å². The molecule has 0 heterocycles. The molecule has 450 valence electrons. The molecule has 0 radical (unpaired) electrons. The molecular formula is C65H130N6O5. The Labute approximate surface area is 471 Å². The van der Waals surface area contributed by atoms with Crippen LogP contribution in [-0.4, -0.2) is 69.4 Å². The first kappa shape index (κ1) is 73.3. The Hall–Kier alpha value is -2.72. The third-order valence-electron chi connectivity index (χ3n) is 15.4. The molecule has 0 rings (SSSR count). The zero-order valence-electron chi connectivity index (χ0n) is 50.9. The fourth-order valence-corrected chi connectivity index (χ4v) is 10.3. The predicted molar refractivity (Wildman–Crippen MR) is 327 cm³/mol. The lowest BCUT2D eigenvalue weighted by molar-refractivity contribution is -0.145. The summed E-state index contributed by atoms with van der Waals surface area (Å²) < 4.78 is 5.55. The maximum Gasteiger partial charge on any atom is 0.328 e. The van der Waals surface area contributed by atoms with Crippen LogP contribution in [0, 0.1) is 0 Å². The summed E-state index contributed by atoms with van der Waals surface area (Å²) in [4.78, 5) is 51.0. The second-order valence-corrected chi connectivity index (χ2v) is 22.9. The largest absolute Gasteiger partial charge is 0.462 e. The van der Waals surface area contributed by atoms with Crippen molar-refractivity contribution in [2.24, 2.45) is 0 Å². The lowest BCUT2D eigenvalue weighted by Crippen LogP contribution is -2.47. The summed E-state index contributed by atoms with van der Waals surface area (Å²) in [5, 5.41) is 17.4. The number of carbonyl (C=O) groups excluding carboxylic acids is 4. The quantitative estimate of drug-likeness (QED) is 0.0265. The van der Waals surface area contributed by atoms with E-state index in [-0.39, 0.29) is 31.2 Å². The van der Waals surface area contributed by atoms with Gasteiger partial charge >= 0.3 is 24.1 Å². The van der Waals surface area contributed by atoms with E-state index in [1.54, 1.807) is 0 Å². The van der Waals surface area contributed by atoms with Crippen molar-refractivity contribution in [3.63, 3.8) is 0 Å². The van der Waals surface area contributed by atoms with Gasteiger partial charge in [-0.2, -0.15) is 0 Å². The number of carbonyl (C=O) groups is 4.